The van der Waals surface area contributed by atoms with E-state index >= 15 is 0 Å². The second kappa shape index (κ2) is 5.75. The predicted molar refractivity (Wildman–Crippen MR) is 75.4 cm³/mol. The van der Waals surface area contributed by atoms with Gasteiger partial charge in [-0.2, -0.15) is 0 Å². The highest BCUT2D eigenvalue weighted by atomic mass is 16.5. The van der Waals surface area contributed by atoms with E-state index in [1.165, 1.54) is 0 Å². The second-order valence-electron chi connectivity index (χ2n) is 4.41. The minimum Gasteiger partial charge on any atom is -0.383 e. The van der Waals surface area contributed by atoms with Gasteiger partial charge in [0, 0.05) is 19.7 Å². The molecule has 0 saturated carbocycles. The molecule has 3 aromatic rings. The minimum absolute atomic E-state index is 0.576. The second-order valence-corrected chi connectivity index (χ2v) is 4.41. The molecule has 0 aliphatic rings. The maximum atomic E-state index is 5.17. The van der Waals surface area contributed by atoms with Gasteiger partial charge in [0.2, 0.25) is 5.95 Å². The molecule has 0 atom stereocenters. The summed E-state index contributed by atoms with van der Waals surface area (Å²) in [4.78, 5) is 4.60. The molecular weight excluding hydrogens is 256 g/mol. The van der Waals surface area contributed by atoms with Crippen LogP contribution >= 0.6 is 0 Å². The zero-order chi connectivity index (χ0) is 13.8. The van der Waals surface area contributed by atoms with E-state index < -0.39 is 0 Å². The Morgan fingerprint density at radius 1 is 1.30 bits per heavy atom. The Bertz CT molecular complexity index is 676. The van der Waals surface area contributed by atoms with E-state index in [2.05, 4.69) is 26.1 Å². The van der Waals surface area contributed by atoms with E-state index in [-0.39, 0.29) is 0 Å². The van der Waals surface area contributed by atoms with Crippen molar-refractivity contribution in [3.8, 4) is 0 Å². The topological polar surface area (TPSA) is 65.1 Å². The Kier molecular flexibility index (Phi) is 3.64. The number of anilines is 1. The highest BCUT2D eigenvalue weighted by Crippen LogP contribution is 2.19. The zero-order valence-corrected chi connectivity index (χ0v) is 11.2. The number of hydrogen-bond acceptors (Lipinski definition) is 5. The van der Waals surface area contributed by atoms with Crippen molar-refractivity contribution in [3.05, 3.63) is 42.3 Å². The summed E-state index contributed by atoms with van der Waals surface area (Å²) in [6.07, 6.45) is 1.56. The summed E-state index contributed by atoms with van der Waals surface area (Å²) in [6, 6.07) is 9.88. The fraction of sp³-hybridized carbons (Fsp3) is 0.286. The molecule has 6 heteroatoms. The van der Waals surface area contributed by atoms with Crippen LogP contribution in [0.4, 0.5) is 5.95 Å². The Hall–Kier alpha value is -2.34. The van der Waals surface area contributed by atoms with Gasteiger partial charge in [-0.3, -0.25) is 0 Å². The first-order chi connectivity index (χ1) is 9.88. The van der Waals surface area contributed by atoms with Crippen LogP contribution in [0, 0.1) is 0 Å². The third-order valence-corrected chi connectivity index (χ3v) is 3.09. The van der Waals surface area contributed by atoms with Gasteiger partial charge < -0.3 is 19.1 Å². The first-order valence-corrected chi connectivity index (χ1v) is 6.46. The Labute approximate surface area is 116 Å². The smallest absolute Gasteiger partial charge is 0.204 e. The fourth-order valence-electron chi connectivity index (χ4n) is 2.12. The van der Waals surface area contributed by atoms with Gasteiger partial charge in [-0.25, -0.2) is 4.98 Å². The molecule has 0 fully saturated rings. The van der Waals surface area contributed by atoms with Crippen LogP contribution < -0.4 is 5.32 Å². The number of imidazole rings is 1. The summed E-state index contributed by atoms with van der Waals surface area (Å²) < 4.78 is 12.1. The van der Waals surface area contributed by atoms with Gasteiger partial charge in [-0.05, 0) is 12.1 Å². The molecule has 0 saturated heterocycles. The summed E-state index contributed by atoms with van der Waals surface area (Å²) in [6.45, 7) is 1.96. The standard InChI is InChI=1S/C14H16N4O2/c1-19-9-7-18-13-5-3-2-4-12(13)16-14(18)15-10-11-6-8-20-17-11/h2-6,8H,7,9-10H2,1H3,(H,15,16). The molecule has 0 aliphatic heterocycles. The summed E-state index contributed by atoms with van der Waals surface area (Å²) in [7, 11) is 1.70. The third kappa shape index (κ3) is 2.50. The number of hydrogen-bond donors (Lipinski definition) is 1. The van der Waals surface area contributed by atoms with Gasteiger partial charge in [0.25, 0.3) is 0 Å². The molecular formula is C14H16N4O2. The molecule has 0 aliphatic carbocycles. The Morgan fingerprint density at radius 2 is 2.20 bits per heavy atom. The fourth-order valence-corrected chi connectivity index (χ4v) is 2.12. The summed E-state index contributed by atoms with van der Waals surface area (Å²) in [5.41, 5.74) is 2.90. The lowest BCUT2D eigenvalue weighted by atomic mass is 10.3. The summed E-state index contributed by atoms with van der Waals surface area (Å²) in [5.74, 6) is 0.811. The molecule has 104 valence electrons. The molecule has 1 aromatic carbocycles. The SMILES string of the molecule is COCCn1c(NCc2ccon2)nc2ccccc21. The van der Waals surface area contributed by atoms with Gasteiger partial charge in [0.15, 0.2) is 0 Å². The van der Waals surface area contributed by atoms with Gasteiger partial charge >= 0.3 is 0 Å². The van der Waals surface area contributed by atoms with Crippen molar-refractivity contribution in [2.45, 2.75) is 13.1 Å². The van der Waals surface area contributed by atoms with Crippen LogP contribution in [-0.4, -0.2) is 28.4 Å². The number of aromatic nitrogens is 3. The molecule has 2 heterocycles. The summed E-state index contributed by atoms with van der Waals surface area (Å²) >= 11 is 0. The molecule has 20 heavy (non-hydrogen) atoms. The van der Waals surface area contributed by atoms with Crippen molar-refractivity contribution in [3.63, 3.8) is 0 Å². The highest BCUT2D eigenvalue weighted by molar-refractivity contribution is 5.78. The van der Waals surface area contributed by atoms with Crippen molar-refractivity contribution >= 4 is 17.0 Å². The number of ether oxygens (including phenoxy) is 1. The number of rotatable bonds is 6. The van der Waals surface area contributed by atoms with Crippen molar-refractivity contribution in [1.82, 2.24) is 14.7 Å². The number of methoxy groups -OCH3 is 1. The number of benzene rings is 1. The first kappa shape index (κ1) is 12.7. The lowest BCUT2D eigenvalue weighted by molar-refractivity contribution is 0.188. The van der Waals surface area contributed by atoms with Crippen LogP contribution in [0.2, 0.25) is 0 Å². The van der Waals surface area contributed by atoms with E-state index in [1.54, 1.807) is 13.4 Å². The number of nitrogens with zero attached hydrogens (tertiary/aromatic N) is 3. The monoisotopic (exact) mass is 272 g/mol. The van der Waals surface area contributed by atoms with Crippen molar-refractivity contribution in [2.75, 3.05) is 19.0 Å². The van der Waals surface area contributed by atoms with Crippen molar-refractivity contribution < 1.29 is 9.26 Å². The summed E-state index contributed by atoms with van der Waals surface area (Å²) in [5, 5.41) is 7.17. The third-order valence-electron chi connectivity index (χ3n) is 3.09. The quantitative estimate of drug-likeness (QED) is 0.745. The molecule has 0 radical (unpaired) electrons. The molecule has 3 rings (SSSR count). The van der Waals surface area contributed by atoms with E-state index in [0.717, 1.165) is 29.2 Å². The van der Waals surface area contributed by atoms with Crippen LogP contribution in [0.25, 0.3) is 11.0 Å². The van der Waals surface area contributed by atoms with E-state index in [9.17, 15) is 0 Å². The normalized spacial score (nSPS) is 11.1. The van der Waals surface area contributed by atoms with E-state index in [4.69, 9.17) is 9.26 Å². The van der Waals surface area contributed by atoms with Crippen LogP contribution in [0.5, 0.6) is 0 Å². The average Bonchev–Trinajstić information content (AvgIpc) is 3.10. The molecule has 2 aromatic heterocycles. The van der Waals surface area contributed by atoms with Gasteiger partial charge in [-0.15, -0.1) is 0 Å². The Morgan fingerprint density at radius 3 is 3.00 bits per heavy atom. The van der Waals surface area contributed by atoms with Crippen molar-refractivity contribution in [1.29, 1.82) is 0 Å². The molecule has 0 spiro atoms. The van der Waals surface area contributed by atoms with Crippen LogP contribution in [0.1, 0.15) is 5.69 Å². The minimum atomic E-state index is 0.576. The number of nitrogens with one attached hydrogen (secondary N) is 1. The van der Waals surface area contributed by atoms with Gasteiger partial charge in [0.05, 0.1) is 24.2 Å². The van der Waals surface area contributed by atoms with Crippen LogP contribution in [0.3, 0.4) is 0 Å². The zero-order valence-electron chi connectivity index (χ0n) is 11.2. The van der Waals surface area contributed by atoms with Crippen molar-refractivity contribution in [2.24, 2.45) is 0 Å². The molecule has 0 unspecified atom stereocenters. The van der Waals surface area contributed by atoms with Gasteiger partial charge in [0.1, 0.15) is 12.0 Å². The maximum absolute atomic E-state index is 5.17. The Balaban J connectivity index is 1.87. The van der Waals surface area contributed by atoms with Crippen LogP contribution in [0.15, 0.2) is 41.1 Å². The van der Waals surface area contributed by atoms with E-state index in [1.807, 2.05) is 24.3 Å². The largest absolute Gasteiger partial charge is 0.383 e. The maximum Gasteiger partial charge on any atom is 0.204 e. The highest BCUT2D eigenvalue weighted by Gasteiger charge is 2.10. The number of fused-ring (bicyclic) bond motifs is 1. The molecule has 0 bridgehead atoms. The predicted octanol–water partition coefficient (Wildman–Crippen LogP) is 2.28. The molecule has 0 amide bonds. The first-order valence-electron chi connectivity index (χ1n) is 6.46. The molecule has 6 nitrogen and oxygen atoms in total. The number of para-hydroxylation sites is 2. The lowest BCUT2D eigenvalue weighted by Gasteiger charge is -2.09. The van der Waals surface area contributed by atoms with Crippen LogP contribution in [-0.2, 0) is 17.8 Å². The van der Waals surface area contributed by atoms with E-state index in [0.29, 0.717) is 13.2 Å². The average molecular weight is 272 g/mol. The molecule has 1 N–H and O–H groups in total. The lowest BCUT2D eigenvalue weighted by Crippen LogP contribution is -2.10. The van der Waals surface area contributed by atoms with Gasteiger partial charge in [-0.1, -0.05) is 17.3 Å².